The summed E-state index contributed by atoms with van der Waals surface area (Å²) >= 11 is 0. The van der Waals surface area contributed by atoms with E-state index in [9.17, 15) is 0 Å². The molecule has 0 saturated heterocycles. The summed E-state index contributed by atoms with van der Waals surface area (Å²) in [6, 6.07) is 19.3. The number of rotatable bonds is 2. The number of hydrogen-bond donors (Lipinski definition) is 0. The van der Waals surface area contributed by atoms with Gasteiger partial charge in [0.05, 0.1) is 5.56 Å². The quantitative estimate of drug-likeness (QED) is 0.735. The van der Waals surface area contributed by atoms with Crippen LogP contribution in [0.25, 0.3) is 0 Å². The summed E-state index contributed by atoms with van der Waals surface area (Å²) in [7, 11) is 0. The Labute approximate surface area is 88.4 Å². The molecule has 2 heteroatoms. The van der Waals surface area contributed by atoms with Crippen LogP contribution in [0.3, 0.4) is 0 Å². The zero-order chi connectivity index (χ0) is 10.5. The standard InChI is InChI=1S/C13H8NO/c14-10-11-6-4-5-9-13(11)15-12-7-2-1-3-8-12/h1-2,4-9H. The Balaban J connectivity index is 2.29. The highest BCUT2D eigenvalue weighted by Gasteiger charge is 2.02. The van der Waals surface area contributed by atoms with E-state index in [-0.39, 0.29) is 0 Å². The molecule has 0 unspecified atom stereocenters. The van der Waals surface area contributed by atoms with Gasteiger partial charge in [0.1, 0.15) is 17.6 Å². The molecule has 2 aromatic carbocycles. The highest BCUT2D eigenvalue weighted by molar-refractivity contribution is 5.44. The van der Waals surface area contributed by atoms with Gasteiger partial charge in [-0.05, 0) is 30.3 Å². The van der Waals surface area contributed by atoms with Crippen LogP contribution in [0.1, 0.15) is 5.56 Å². The van der Waals surface area contributed by atoms with Crippen LogP contribution >= 0.6 is 0 Å². The lowest BCUT2D eigenvalue weighted by Gasteiger charge is -2.05. The first-order valence-corrected chi connectivity index (χ1v) is 4.53. The first-order chi connectivity index (χ1) is 7.40. The molecule has 0 aliphatic carbocycles. The van der Waals surface area contributed by atoms with Gasteiger partial charge in [0, 0.05) is 0 Å². The Morgan fingerprint density at radius 2 is 2.00 bits per heavy atom. The highest BCUT2D eigenvalue weighted by Crippen LogP contribution is 2.23. The average Bonchev–Trinajstić information content (AvgIpc) is 2.31. The molecule has 0 aliphatic heterocycles. The first kappa shape index (κ1) is 9.29. The molecule has 1 radical (unpaired) electrons. The van der Waals surface area contributed by atoms with Gasteiger partial charge in [-0.3, -0.25) is 0 Å². The van der Waals surface area contributed by atoms with Gasteiger partial charge in [0.2, 0.25) is 0 Å². The van der Waals surface area contributed by atoms with Gasteiger partial charge in [-0.15, -0.1) is 0 Å². The highest BCUT2D eigenvalue weighted by atomic mass is 16.5. The predicted molar refractivity (Wildman–Crippen MR) is 56.5 cm³/mol. The van der Waals surface area contributed by atoms with Crippen molar-refractivity contribution >= 4 is 0 Å². The summed E-state index contributed by atoms with van der Waals surface area (Å²) in [5.74, 6) is 1.25. The van der Waals surface area contributed by atoms with Crippen LogP contribution in [0.15, 0.2) is 48.5 Å². The van der Waals surface area contributed by atoms with Crippen molar-refractivity contribution in [2.45, 2.75) is 0 Å². The summed E-state index contributed by atoms with van der Waals surface area (Å²) in [5, 5.41) is 8.86. The van der Waals surface area contributed by atoms with E-state index in [0.29, 0.717) is 17.1 Å². The number of ether oxygens (including phenoxy) is 1. The number of nitriles is 1. The summed E-state index contributed by atoms with van der Waals surface area (Å²) < 4.78 is 5.55. The summed E-state index contributed by atoms with van der Waals surface area (Å²) in [4.78, 5) is 0. The number of nitrogens with zero attached hydrogens (tertiary/aromatic N) is 1. The van der Waals surface area contributed by atoms with Crippen molar-refractivity contribution in [2.75, 3.05) is 0 Å². The molecule has 0 heterocycles. The Morgan fingerprint density at radius 3 is 2.73 bits per heavy atom. The molecule has 0 aromatic heterocycles. The topological polar surface area (TPSA) is 33.0 Å². The Bertz CT molecular complexity index is 485. The van der Waals surface area contributed by atoms with E-state index in [2.05, 4.69) is 12.1 Å². The molecular formula is C13H8NO. The van der Waals surface area contributed by atoms with Crippen LogP contribution in [0, 0.1) is 17.4 Å². The lowest BCUT2D eigenvalue weighted by atomic mass is 10.2. The van der Waals surface area contributed by atoms with E-state index in [1.807, 2.05) is 24.3 Å². The zero-order valence-corrected chi connectivity index (χ0v) is 7.97. The maximum absolute atomic E-state index is 8.86. The fourth-order valence-corrected chi connectivity index (χ4v) is 1.22. The van der Waals surface area contributed by atoms with E-state index in [1.54, 1.807) is 24.3 Å². The maximum Gasteiger partial charge on any atom is 0.145 e. The minimum Gasteiger partial charge on any atom is -0.456 e. The van der Waals surface area contributed by atoms with Crippen molar-refractivity contribution < 1.29 is 4.74 Å². The second-order valence-electron chi connectivity index (χ2n) is 2.95. The molecular weight excluding hydrogens is 186 g/mol. The molecule has 15 heavy (non-hydrogen) atoms. The summed E-state index contributed by atoms with van der Waals surface area (Å²) in [6.45, 7) is 0. The molecule has 0 bridgehead atoms. The molecule has 2 nitrogen and oxygen atoms in total. The second kappa shape index (κ2) is 4.30. The van der Waals surface area contributed by atoms with Crippen molar-refractivity contribution in [3.63, 3.8) is 0 Å². The van der Waals surface area contributed by atoms with Crippen LogP contribution in [0.5, 0.6) is 11.5 Å². The Hall–Kier alpha value is -2.27. The summed E-state index contributed by atoms with van der Waals surface area (Å²) in [6.07, 6.45) is 0. The van der Waals surface area contributed by atoms with Crippen molar-refractivity contribution in [3.8, 4) is 17.6 Å². The van der Waals surface area contributed by atoms with Gasteiger partial charge in [-0.1, -0.05) is 24.3 Å². The fourth-order valence-electron chi connectivity index (χ4n) is 1.22. The molecule has 0 spiro atoms. The molecule has 0 amide bonds. The largest absolute Gasteiger partial charge is 0.456 e. The van der Waals surface area contributed by atoms with E-state index in [1.165, 1.54) is 0 Å². The number of para-hydroxylation sites is 1. The molecule has 0 saturated carbocycles. The van der Waals surface area contributed by atoms with Crippen LogP contribution < -0.4 is 4.74 Å². The number of hydrogen-bond acceptors (Lipinski definition) is 2. The van der Waals surface area contributed by atoms with Crippen molar-refractivity contribution in [1.29, 1.82) is 5.26 Å². The van der Waals surface area contributed by atoms with Gasteiger partial charge in [-0.25, -0.2) is 0 Å². The van der Waals surface area contributed by atoms with Gasteiger partial charge < -0.3 is 4.74 Å². The lowest BCUT2D eigenvalue weighted by Crippen LogP contribution is -1.86. The fraction of sp³-hybridized carbons (Fsp3) is 0. The molecule has 71 valence electrons. The SMILES string of the molecule is N#Cc1ccccc1Oc1c[c]ccc1. The van der Waals surface area contributed by atoms with Crippen molar-refractivity contribution in [1.82, 2.24) is 0 Å². The zero-order valence-electron chi connectivity index (χ0n) is 7.97. The van der Waals surface area contributed by atoms with E-state index in [0.717, 1.165) is 0 Å². The van der Waals surface area contributed by atoms with Gasteiger partial charge in [0.25, 0.3) is 0 Å². The lowest BCUT2D eigenvalue weighted by molar-refractivity contribution is 0.481. The normalized spacial score (nSPS) is 9.27. The minimum absolute atomic E-state index is 0.529. The van der Waals surface area contributed by atoms with Crippen molar-refractivity contribution in [3.05, 3.63) is 60.2 Å². The third kappa shape index (κ3) is 2.15. The van der Waals surface area contributed by atoms with E-state index >= 15 is 0 Å². The third-order valence-electron chi connectivity index (χ3n) is 1.91. The van der Waals surface area contributed by atoms with Gasteiger partial charge in [-0.2, -0.15) is 5.26 Å². The molecule has 2 aromatic rings. The molecule has 2 rings (SSSR count). The summed E-state index contributed by atoms with van der Waals surface area (Å²) in [5.41, 5.74) is 0.529. The van der Waals surface area contributed by atoms with Crippen LogP contribution in [-0.4, -0.2) is 0 Å². The maximum atomic E-state index is 8.86. The monoisotopic (exact) mass is 194 g/mol. The van der Waals surface area contributed by atoms with Crippen LogP contribution in [-0.2, 0) is 0 Å². The van der Waals surface area contributed by atoms with Crippen LogP contribution in [0.4, 0.5) is 0 Å². The third-order valence-corrected chi connectivity index (χ3v) is 1.91. The molecule has 0 fully saturated rings. The first-order valence-electron chi connectivity index (χ1n) is 4.53. The molecule has 0 aliphatic rings. The number of benzene rings is 2. The van der Waals surface area contributed by atoms with Crippen molar-refractivity contribution in [2.24, 2.45) is 0 Å². The Morgan fingerprint density at radius 1 is 1.13 bits per heavy atom. The van der Waals surface area contributed by atoms with E-state index in [4.69, 9.17) is 10.00 Å². The molecule has 0 N–H and O–H groups in total. The smallest absolute Gasteiger partial charge is 0.145 e. The Kier molecular flexibility index (Phi) is 2.66. The second-order valence-corrected chi connectivity index (χ2v) is 2.95. The average molecular weight is 194 g/mol. The predicted octanol–water partition coefficient (Wildman–Crippen LogP) is 3.15. The van der Waals surface area contributed by atoms with Gasteiger partial charge >= 0.3 is 0 Å². The van der Waals surface area contributed by atoms with Crippen LogP contribution in [0.2, 0.25) is 0 Å². The minimum atomic E-state index is 0.529. The van der Waals surface area contributed by atoms with Gasteiger partial charge in [0.15, 0.2) is 0 Å². The van der Waals surface area contributed by atoms with E-state index < -0.39 is 0 Å². The molecule has 0 atom stereocenters.